The standard InChI is InChI=1S/C23H20Cl2F2N2O2S/c24-14-1-4-17(5-2-14)32(31)23(19-11-15(26)3-6-21(19)27)18-12-22(28-13-20(18)25)29-9-7-16(30)8-10-29/h1-6,11-13,16,23,30H,7-10H2. The molecule has 1 aromatic heterocycles. The summed E-state index contributed by atoms with van der Waals surface area (Å²) >= 11 is 12.4. The van der Waals surface area contributed by atoms with Crippen LogP contribution in [-0.4, -0.2) is 33.5 Å². The van der Waals surface area contributed by atoms with E-state index in [0.29, 0.717) is 47.2 Å². The lowest BCUT2D eigenvalue weighted by molar-refractivity contribution is 0.145. The molecule has 1 saturated heterocycles. The monoisotopic (exact) mass is 496 g/mol. The van der Waals surface area contributed by atoms with Crippen molar-refractivity contribution in [2.75, 3.05) is 18.0 Å². The van der Waals surface area contributed by atoms with E-state index in [4.69, 9.17) is 23.2 Å². The summed E-state index contributed by atoms with van der Waals surface area (Å²) in [5, 5.41) is 9.38. The van der Waals surface area contributed by atoms with Gasteiger partial charge in [-0.3, -0.25) is 4.21 Å². The first-order valence-electron chi connectivity index (χ1n) is 10.0. The number of nitrogens with zero attached hydrogens (tertiary/aromatic N) is 2. The molecule has 0 spiro atoms. The second kappa shape index (κ2) is 9.83. The molecule has 2 atom stereocenters. The molecule has 2 unspecified atom stereocenters. The van der Waals surface area contributed by atoms with Gasteiger partial charge >= 0.3 is 0 Å². The van der Waals surface area contributed by atoms with Crippen molar-refractivity contribution in [2.45, 2.75) is 29.1 Å². The van der Waals surface area contributed by atoms with Crippen LogP contribution in [0.4, 0.5) is 14.6 Å². The van der Waals surface area contributed by atoms with Crippen LogP contribution in [0, 0.1) is 11.6 Å². The number of aliphatic hydroxyl groups excluding tert-OH is 1. The zero-order valence-electron chi connectivity index (χ0n) is 16.8. The number of piperidine rings is 1. The molecule has 1 aliphatic rings. The van der Waals surface area contributed by atoms with Crippen LogP contribution in [0.25, 0.3) is 0 Å². The molecule has 4 nitrogen and oxygen atoms in total. The van der Waals surface area contributed by atoms with Gasteiger partial charge in [0.25, 0.3) is 0 Å². The van der Waals surface area contributed by atoms with Crippen molar-refractivity contribution in [3.8, 4) is 0 Å². The number of pyridine rings is 1. The van der Waals surface area contributed by atoms with E-state index < -0.39 is 27.7 Å². The van der Waals surface area contributed by atoms with Crippen LogP contribution in [-0.2, 0) is 10.8 Å². The SMILES string of the molecule is O=S(c1ccc(Cl)cc1)C(c1cc(F)ccc1F)c1cc(N2CCC(O)CC2)ncc1Cl. The highest BCUT2D eigenvalue weighted by Crippen LogP contribution is 2.39. The maximum Gasteiger partial charge on any atom is 0.128 e. The van der Waals surface area contributed by atoms with Gasteiger partial charge in [0.1, 0.15) is 17.5 Å². The fraction of sp³-hybridized carbons (Fsp3) is 0.261. The highest BCUT2D eigenvalue weighted by molar-refractivity contribution is 7.85. The van der Waals surface area contributed by atoms with Gasteiger partial charge in [0.15, 0.2) is 0 Å². The van der Waals surface area contributed by atoms with Crippen LogP contribution in [0.3, 0.4) is 0 Å². The average Bonchev–Trinajstić information content (AvgIpc) is 2.78. The molecule has 168 valence electrons. The zero-order chi connectivity index (χ0) is 22.8. The largest absolute Gasteiger partial charge is 0.393 e. The summed E-state index contributed by atoms with van der Waals surface area (Å²) in [7, 11) is -1.82. The Labute approximate surface area is 197 Å². The molecule has 2 aromatic carbocycles. The summed E-state index contributed by atoms with van der Waals surface area (Å²) in [6, 6.07) is 11.1. The first-order valence-corrected chi connectivity index (χ1v) is 12.0. The molecule has 4 rings (SSSR count). The van der Waals surface area contributed by atoms with Crippen molar-refractivity contribution in [1.29, 1.82) is 0 Å². The molecule has 0 amide bonds. The fourth-order valence-corrected chi connectivity index (χ4v) is 5.65. The second-order valence-corrected chi connectivity index (χ2v) is 9.96. The molecule has 3 aromatic rings. The Balaban J connectivity index is 1.83. The summed E-state index contributed by atoms with van der Waals surface area (Å²) < 4.78 is 42.6. The van der Waals surface area contributed by atoms with Crippen LogP contribution < -0.4 is 4.90 Å². The third-order valence-corrected chi connectivity index (χ3v) is 7.68. The van der Waals surface area contributed by atoms with Crippen LogP contribution in [0.15, 0.2) is 59.6 Å². The molecule has 32 heavy (non-hydrogen) atoms. The highest BCUT2D eigenvalue weighted by Gasteiger charge is 2.30. The molecular weight excluding hydrogens is 477 g/mol. The molecule has 1 fully saturated rings. The van der Waals surface area contributed by atoms with Crippen molar-refractivity contribution in [2.24, 2.45) is 0 Å². The Morgan fingerprint density at radius 1 is 1.03 bits per heavy atom. The summed E-state index contributed by atoms with van der Waals surface area (Å²) in [4.78, 5) is 6.76. The Morgan fingerprint density at radius 3 is 2.41 bits per heavy atom. The minimum absolute atomic E-state index is 0.0635. The number of halogens is 4. The van der Waals surface area contributed by atoms with Gasteiger partial charge in [-0.25, -0.2) is 13.8 Å². The average molecular weight is 497 g/mol. The smallest absolute Gasteiger partial charge is 0.128 e. The molecular formula is C23H20Cl2F2N2O2S. The highest BCUT2D eigenvalue weighted by atomic mass is 35.5. The van der Waals surface area contributed by atoms with Crippen LogP contribution in [0.1, 0.15) is 29.2 Å². The lowest BCUT2D eigenvalue weighted by Crippen LogP contribution is -2.36. The Kier molecular flexibility index (Phi) is 7.10. The van der Waals surface area contributed by atoms with Gasteiger partial charge in [0.05, 0.1) is 27.2 Å². The number of rotatable bonds is 5. The molecule has 0 radical (unpaired) electrons. The maximum atomic E-state index is 14.9. The fourth-order valence-electron chi connectivity index (χ4n) is 3.73. The number of aliphatic hydroxyl groups is 1. The quantitative estimate of drug-likeness (QED) is 0.504. The van der Waals surface area contributed by atoms with Crippen molar-refractivity contribution < 1.29 is 18.1 Å². The number of hydrogen-bond acceptors (Lipinski definition) is 4. The number of benzene rings is 2. The van der Waals surface area contributed by atoms with Gasteiger partial charge in [0.2, 0.25) is 0 Å². The van der Waals surface area contributed by atoms with E-state index >= 15 is 0 Å². The van der Waals surface area contributed by atoms with Gasteiger partial charge in [0, 0.05) is 34.8 Å². The lowest BCUT2D eigenvalue weighted by atomic mass is 10.0. The van der Waals surface area contributed by atoms with Crippen molar-refractivity contribution in [1.82, 2.24) is 4.98 Å². The minimum Gasteiger partial charge on any atom is -0.393 e. The Bertz CT molecular complexity index is 1140. The molecule has 1 aliphatic heterocycles. The first-order chi connectivity index (χ1) is 15.3. The number of anilines is 1. The minimum atomic E-state index is -1.82. The Hall–Kier alpha value is -2.06. The molecule has 0 bridgehead atoms. The van der Waals surface area contributed by atoms with E-state index in [0.717, 1.165) is 18.2 Å². The van der Waals surface area contributed by atoms with E-state index in [1.54, 1.807) is 30.3 Å². The van der Waals surface area contributed by atoms with Gasteiger partial charge < -0.3 is 10.0 Å². The molecule has 0 saturated carbocycles. The van der Waals surface area contributed by atoms with Gasteiger partial charge in [-0.2, -0.15) is 0 Å². The lowest BCUT2D eigenvalue weighted by Gasteiger charge is -2.31. The zero-order valence-corrected chi connectivity index (χ0v) is 19.2. The van der Waals surface area contributed by atoms with Gasteiger partial charge in [-0.05, 0) is 66.9 Å². The first kappa shape index (κ1) is 23.1. The van der Waals surface area contributed by atoms with Crippen LogP contribution in [0.5, 0.6) is 0 Å². The third-order valence-electron chi connectivity index (χ3n) is 5.44. The predicted octanol–water partition coefficient (Wildman–Crippen LogP) is 5.52. The predicted molar refractivity (Wildman–Crippen MR) is 123 cm³/mol. The summed E-state index contributed by atoms with van der Waals surface area (Å²) in [6.45, 7) is 1.18. The summed E-state index contributed by atoms with van der Waals surface area (Å²) in [5.74, 6) is -0.754. The van der Waals surface area contributed by atoms with Gasteiger partial charge in [-0.1, -0.05) is 23.2 Å². The van der Waals surface area contributed by atoms with Gasteiger partial charge in [-0.15, -0.1) is 0 Å². The Morgan fingerprint density at radius 2 is 1.72 bits per heavy atom. The van der Waals surface area contributed by atoms with Crippen molar-refractivity contribution in [3.63, 3.8) is 0 Å². The van der Waals surface area contributed by atoms with E-state index in [9.17, 15) is 18.1 Å². The number of hydrogen-bond donors (Lipinski definition) is 1. The van der Waals surface area contributed by atoms with Crippen LogP contribution >= 0.6 is 23.2 Å². The summed E-state index contributed by atoms with van der Waals surface area (Å²) in [6.07, 6.45) is 2.27. The van der Waals surface area contributed by atoms with E-state index in [2.05, 4.69) is 4.98 Å². The van der Waals surface area contributed by atoms with Crippen LogP contribution in [0.2, 0.25) is 10.0 Å². The summed E-state index contributed by atoms with van der Waals surface area (Å²) in [5.41, 5.74) is 0.312. The van der Waals surface area contributed by atoms with Crippen molar-refractivity contribution in [3.05, 3.63) is 87.5 Å². The van der Waals surface area contributed by atoms with E-state index in [1.807, 2.05) is 4.90 Å². The third kappa shape index (κ3) is 4.96. The topological polar surface area (TPSA) is 53.4 Å². The second-order valence-electron chi connectivity index (χ2n) is 7.58. The van der Waals surface area contributed by atoms with E-state index in [-0.39, 0.29) is 16.7 Å². The van der Waals surface area contributed by atoms with Crippen molar-refractivity contribution >= 4 is 39.8 Å². The number of aromatic nitrogens is 1. The molecule has 2 heterocycles. The normalized spacial score (nSPS) is 16.7. The maximum absolute atomic E-state index is 14.9. The molecule has 9 heteroatoms. The van der Waals surface area contributed by atoms with E-state index in [1.165, 1.54) is 6.20 Å². The molecule has 1 N–H and O–H groups in total. The molecule has 0 aliphatic carbocycles.